The van der Waals surface area contributed by atoms with Crippen molar-refractivity contribution in [3.05, 3.63) is 65.0 Å². The molecule has 0 aliphatic rings. The molecule has 0 saturated carbocycles. The summed E-state index contributed by atoms with van der Waals surface area (Å²) in [5.41, 5.74) is 4.51. The smallest absolute Gasteiger partial charge is 0.274 e. The van der Waals surface area contributed by atoms with Crippen LogP contribution in [-0.2, 0) is 6.42 Å². The van der Waals surface area contributed by atoms with Crippen LogP contribution in [0.4, 0.5) is 0 Å². The molecule has 0 fully saturated rings. The van der Waals surface area contributed by atoms with Gasteiger partial charge < -0.3 is 19.1 Å². The first-order valence-electron chi connectivity index (χ1n) is 9.77. The zero-order valence-electron chi connectivity index (χ0n) is 17.5. The molecule has 2 aromatic carbocycles. The van der Waals surface area contributed by atoms with Crippen LogP contribution in [0.3, 0.4) is 0 Å². The lowest BCUT2D eigenvalue weighted by atomic mass is 10.0. The maximum atomic E-state index is 12.7. The molecular formula is C23H24N4O3. The molecule has 30 heavy (non-hydrogen) atoms. The number of benzene rings is 2. The third-order valence-corrected chi connectivity index (χ3v) is 5.16. The van der Waals surface area contributed by atoms with E-state index in [-0.39, 0.29) is 5.91 Å². The summed E-state index contributed by atoms with van der Waals surface area (Å²) in [6.07, 6.45) is 0.505. The number of aromatic nitrogens is 3. The van der Waals surface area contributed by atoms with Crippen LogP contribution in [0, 0.1) is 13.8 Å². The van der Waals surface area contributed by atoms with Crippen LogP contribution in [0.15, 0.2) is 47.0 Å². The first-order chi connectivity index (χ1) is 14.4. The summed E-state index contributed by atoms with van der Waals surface area (Å²) in [5.74, 6) is 1.74. The minimum Gasteiger partial charge on any atom is -0.497 e. The Morgan fingerprint density at radius 3 is 2.77 bits per heavy atom. The van der Waals surface area contributed by atoms with Crippen LogP contribution in [0.5, 0.6) is 5.75 Å². The Hall–Kier alpha value is -3.61. The van der Waals surface area contributed by atoms with Crippen molar-refractivity contribution in [2.45, 2.75) is 20.3 Å². The van der Waals surface area contributed by atoms with Gasteiger partial charge >= 0.3 is 0 Å². The zero-order valence-corrected chi connectivity index (χ0v) is 17.5. The van der Waals surface area contributed by atoms with Crippen molar-refractivity contribution in [3.8, 4) is 17.3 Å². The summed E-state index contributed by atoms with van der Waals surface area (Å²) in [6.45, 7) is 4.47. The molecule has 7 nitrogen and oxygen atoms in total. The lowest BCUT2D eigenvalue weighted by molar-refractivity contribution is 0.0795. The van der Waals surface area contributed by atoms with Crippen molar-refractivity contribution in [1.29, 1.82) is 0 Å². The lowest BCUT2D eigenvalue weighted by Gasteiger charge is -2.17. The van der Waals surface area contributed by atoms with Gasteiger partial charge in [0.05, 0.1) is 7.11 Å². The highest BCUT2D eigenvalue weighted by atomic mass is 16.5. The number of methoxy groups -OCH3 is 1. The number of hydrogen-bond acceptors (Lipinski definition) is 5. The molecule has 4 aromatic rings. The summed E-state index contributed by atoms with van der Waals surface area (Å²) >= 11 is 0. The molecule has 0 unspecified atom stereocenters. The van der Waals surface area contributed by atoms with Crippen LogP contribution in [0.25, 0.3) is 22.5 Å². The topological polar surface area (TPSA) is 84.2 Å². The van der Waals surface area contributed by atoms with Gasteiger partial charge in [-0.3, -0.25) is 4.79 Å². The summed E-state index contributed by atoms with van der Waals surface area (Å²) in [7, 11) is 3.42. The molecule has 7 heteroatoms. The molecule has 154 valence electrons. The summed E-state index contributed by atoms with van der Waals surface area (Å²) in [4.78, 5) is 22.2. The summed E-state index contributed by atoms with van der Waals surface area (Å²) in [5, 5.41) is 5.09. The van der Waals surface area contributed by atoms with Gasteiger partial charge in [-0.2, -0.15) is 4.98 Å². The van der Waals surface area contributed by atoms with Crippen molar-refractivity contribution in [2.75, 3.05) is 20.7 Å². The fourth-order valence-electron chi connectivity index (χ4n) is 3.44. The molecular weight excluding hydrogens is 380 g/mol. The van der Waals surface area contributed by atoms with E-state index in [1.165, 1.54) is 0 Å². The fourth-order valence-corrected chi connectivity index (χ4v) is 3.44. The van der Waals surface area contributed by atoms with Gasteiger partial charge in [0.15, 0.2) is 5.82 Å². The molecule has 0 aliphatic carbocycles. The quantitative estimate of drug-likeness (QED) is 0.522. The van der Waals surface area contributed by atoms with Crippen LogP contribution in [0.1, 0.15) is 27.3 Å². The molecule has 0 bridgehead atoms. The first-order valence-corrected chi connectivity index (χ1v) is 9.77. The van der Waals surface area contributed by atoms with Crippen LogP contribution in [0.2, 0.25) is 0 Å². The van der Waals surface area contributed by atoms with Crippen molar-refractivity contribution in [1.82, 2.24) is 20.0 Å². The van der Waals surface area contributed by atoms with E-state index in [0.29, 0.717) is 30.2 Å². The Kier molecular flexibility index (Phi) is 5.27. The van der Waals surface area contributed by atoms with Crippen molar-refractivity contribution in [2.24, 2.45) is 0 Å². The molecule has 4 rings (SSSR count). The number of amides is 1. The Labute approximate surface area is 174 Å². The van der Waals surface area contributed by atoms with Gasteiger partial charge in [-0.25, -0.2) is 0 Å². The maximum absolute atomic E-state index is 12.7. The number of aromatic amines is 1. The van der Waals surface area contributed by atoms with Crippen molar-refractivity contribution < 1.29 is 14.1 Å². The molecule has 0 saturated heterocycles. The Bertz CT molecular complexity index is 1210. The Balaban J connectivity index is 1.44. The largest absolute Gasteiger partial charge is 0.497 e. The average Bonchev–Trinajstić information content (AvgIpc) is 3.37. The average molecular weight is 404 g/mol. The molecule has 2 heterocycles. The fraction of sp³-hybridized carbons (Fsp3) is 0.261. The number of nitrogens with zero attached hydrogens (tertiary/aromatic N) is 3. The number of nitrogens with one attached hydrogen (secondary N) is 1. The molecule has 0 radical (unpaired) electrons. The summed E-state index contributed by atoms with van der Waals surface area (Å²) in [6, 6.07) is 13.6. The second-order valence-electron chi connectivity index (χ2n) is 7.45. The van der Waals surface area contributed by atoms with E-state index in [0.717, 1.165) is 33.5 Å². The van der Waals surface area contributed by atoms with Crippen LogP contribution < -0.4 is 4.74 Å². The van der Waals surface area contributed by atoms with E-state index < -0.39 is 0 Å². The minimum absolute atomic E-state index is 0.0132. The van der Waals surface area contributed by atoms with E-state index in [9.17, 15) is 4.79 Å². The number of carbonyl (C=O) groups excluding carboxylic acids is 1. The van der Waals surface area contributed by atoms with Gasteiger partial charge in [-0.1, -0.05) is 22.9 Å². The van der Waals surface area contributed by atoms with Gasteiger partial charge in [-0.15, -0.1) is 0 Å². The van der Waals surface area contributed by atoms with Crippen molar-refractivity contribution >= 4 is 16.8 Å². The van der Waals surface area contributed by atoms with E-state index in [4.69, 9.17) is 9.26 Å². The third kappa shape index (κ3) is 3.91. The van der Waals surface area contributed by atoms with E-state index in [1.807, 2.05) is 56.3 Å². The van der Waals surface area contributed by atoms with Crippen LogP contribution in [-0.4, -0.2) is 46.6 Å². The number of carbonyl (C=O) groups is 1. The molecule has 1 amide bonds. The first kappa shape index (κ1) is 19.7. The number of hydrogen-bond donors (Lipinski definition) is 1. The van der Waals surface area contributed by atoms with Gasteiger partial charge in [0, 0.05) is 42.5 Å². The third-order valence-electron chi connectivity index (χ3n) is 5.16. The van der Waals surface area contributed by atoms with Gasteiger partial charge in [0.2, 0.25) is 0 Å². The van der Waals surface area contributed by atoms with Gasteiger partial charge in [-0.05, 0) is 43.7 Å². The highest BCUT2D eigenvalue weighted by molar-refractivity contribution is 5.95. The zero-order chi connectivity index (χ0) is 21.3. The molecule has 0 atom stereocenters. The standard InChI is InChI=1S/C23H24N4O3/c1-14-5-8-18(15(2)11-14)23(28)27(3)10-9-21-25-22(30-26-21)20-12-16-6-7-17(29-4)13-19(16)24-20/h5-8,11-13,24H,9-10H2,1-4H3. The normalized spacial score (nSPS) is 11.1. The van der Waals surface area contributed by atoms with E-state index >= 15 is 0 Å². The van der Waals surface area contributed by atoms with E-state index in [1.54, 1.807) is 19.1 Å². The van der Waals surface area contributed by atoms with Gasteiger partial charge in [0.1, 0.15) is 11.4 Å². The second kappa shape index (κ2) is 8.02. The highest BCUT2D eigenvalue weighted by Crippen LogP contribution is 2.26. The number of fused-ring (bicyclic) bond motifs is 1. The number of aryl methyl sites for hydroxylation is 2. The number of rotatable bonds is 6. The Morgan fingerprint density at radius 1 is 1.17 bits per heavy atom. The highest BCUT2D eigenvalue weighted by Gasteiger charge is 2.16. The molecule has 1 N–H and O–H groups in total. The van der Waals surface area contributed by atoms with E-state index in [2.05, 4.69) is 15.1 Å². The minimum atomic E-state index is -0.0132. The van der Waals surface area contributed by atoms with Crippen LogP contribution >= 0.6 is 0 Å². The van der Waals surface area contributed by atoms with Crippen molar-refractivity contribution in [3.63, 3.8) is 0 Å². The maximum Gasteiger partial charge on any atom is 0.274 e. The number of ether oxygens (including phenoxy) is 1. The number of H-pyrrole nitrogens is 1. The SMILES string of the molecule is COc1ccc2cc(-c3nc(CCN(C)C(=O)c4ccc(C)cc4C)no3)[nH]c2c1. The Morgan fingerprint density at radius 2 is 2.00 bits per heavy atom. The number of likely N-dealkylation sites (N-methyl/N-ethyl adjacent to an activating group) is 1. The molecule has 0 spiro atoms. The molecule has 0 aliphatic heterocycles. The monoisotopic (exact) mass is 404 g/mol. The predicted octanol–water partition coefficient (Wildman–Crippen LogP) is 4.16. The van der Waals surface area contributed by atoms with Gasteiger partial charge in [0.25, 0.3) is 11.8 Å². The predicted molar refractivity (Wildman–Crippen MR) is 115 cm³/mol. The summed E-state index contributed by atoms with van der Waals surface area (Å²) < 4.78 is 10.7. The second-order valence-corrected chi connectivity index (χ2v) is 7.45. The lowest BCUT2D eigenvalue weighted by Crippen LogP contribution is -2.29. The molecule has 2 aromatic heterocycles.